The van der Waals surface area contributed by atoms with Gasteiger partial charge in [0, 0.05) is 13.0 Å². The van der Waals surface area contributed by atoms with Crippen LogP contribution in [0.15, 0.2) is 0 Å². The summed E-state index contributed by atoms with van der Waals surface area (Å²) in [5.41, 5.74) is 0. The highest BCUT2D eigenvalue weighted by Gasteiger charge is 2.46. The number of phosphoric ester groups is 1. The lowest BCUT2D eigenvalue weighted by Gasteiger charge is -2.40. The number of phosphoric acid groups is 1. The zero-order valence-electron chi connectivity index (χ0n) is 42.7. The van der Waals surface area contributed by atoms with Crippen LogP contribution in [0.5, 0.6) is 0 Å². The van der Waals surface area contributed by atoms with Crippen LogP contribution in [0.4, 0.5) is 0 Å². The van der Waals surface area contributed by atoms with E-state index in [2.05, 4.69) is 13.8 Å². The van der Waals surface area contributed by atoms with Gasteiger partial charge in [-0.2, -0.15) is 0 Å². The van der Waals surface area contributed by atoms with Gasteiger partial charge in [0.2, 0.25) is 0 Å². The molecule has 0 aromatic carbocycles. The second-order valence-corrected chi connectivity index (χ2v) is 20.7. The number of hydrogen-bond acceptors (Lipinski definition) is 18. The molecule has 2 fully saturated rings. The van der Waals surface area contributed by atoms with Gasteiger partial charge in [0.25, 0.3) is 0 Å². The molecule has 20 heteroatoms. The summed E-state index contributed by atoms with van der Waals surface area (Å²) in [6.45, 7) is 1.02. The van der Waals surface area contributed by atoms with Crippen molar-refractivity contribution in [2.24, 2.45) is 0 Å². The molecule has 13 atom stereocenters. The van der Waals surface area contributed by atoms with E-state index in [0.717, 1.165) is 38.5 Å². The highest BCUT2D eigenvalue weighted by atomic mass is 31.2. The predicted molar refractivity (Wildman–Crippen MR) is 261 cm³/mol. The van der Waals surface area contributed by atoms with Gasteiger partial charge < -0.3 is 74.2 Å². The van der Waals surface area contributed by atoms with Crippen molar-refractivity contribution in [1.82, 2.24) is 0 Å². The zero-order valence-corrected chi connectivity index (χ0v) is 43.6. The van der Waals surface area contributed by atoms with Crippen LogP contribution in [-0.2, 0) is 46.8 Å². The van der Waals surface area contributed by atoms with Crippen LogP contribution in [0.3, 0.4) is 0 Å². The minimum absolute atomic E-state index is 0.219. The smallest absolute Gasteiger partial charge is 0.463 e. The van der Waals surface area contributed by atoms with E-state index in [-0.39, 0.29) is 19.6 Å². The molecule has 0 amide bonds. The van der Waals surface area contributed by atoms with Crippen LogP contribution in [0.2, 0.25) is 0 Å². The zero-order chi connectivity index (χ0) is 51.4. The van der Waals surface area contributed by atoms with Crippen molar-refractivity contribution in [1.29, 1.82) is 0 Å². The molecule has 416 valence electrons. The molecular formula is C50H97O19P. The van der Waals surface area contributed by atoms with Gasteiger partial charge in [-0.1, -0.05) is 174 Å². The maximum absolute atomic E-state index is 13.5. The molecule has 0 aromatic rings. The first-order valence-electron chi connectivity index (χ1n) is 27.1. The molecular weight excluding hydrogens is 936 g/mol. The lowest BCUT2D eigenvalue weighted by atomic mass is 9.99. The summed E-state index contributed by atoms with van der Waals surface area (Å²) >= 11 is 0. The Morgan fingerprint density at radius 3 is 1.24 bits per heavy atom. The van der Waals surface area contributed by atoms with Crippen molar-refractivity contribution in [2.45, 2.75) is 267 Å². The first kappa shape index (κ1) is 65.2. The van der Waals surface area contributed by atoms with Crippen molar-refractivity contribution >= 4 is 13.8 Å². The largest absolute Gasteiger partial charge is 0.472 e. The average Bonchev–Trinajstić information content (AvgIpc) is 3.34. The minimum atomic E-state index is -5.06. The summed E-state index contributed by atoms with van der Waals surface area (Å²) in [6.07, 6.45) is 12.9. The Kier molecular flexibility index (Phi) is 37.6. The quantitative estimate of drug-likeness (QED) is 0.0192. The van der Waals surface area contributed by atoms with Gasteiger partial charge >= 0.3 is 13.8 Å². The Morgan fingerprint density at radius 1 is 0.486 bits per heavy atom. The Balaban J connectivity index is 1.96. The molecule has 0 aromatic heterocycles. The molecule has 2 heterocycles. The molecule has 0 spiro atoms. The third kappa shape index (κ3) is 28.7. The van der Waals surface area contributed by atoms with E-state index in [1.54, 1.807) is 0 Å². The lowest BCUT2D eigenvalue weighted by molar-refractivity contribution is -0.314. The van der Waals surface area contributed by atoms with E-state index >= 15 is 0 Å². The van der Waals surface area contributed by atoms with Gasteiger partial charge in [0.15, 0.2) is 12.6 Å². The van der Waals surface area contributed by atoms with Crippen molar-refractivity contribution in [3.05, 3.63) is 0 Å². The summed E-state index contributed by atoms with van der Waals surface area (Å²) in [7, 11) is -5.06. The maximum atomic E-state index is 13.5. The number of carbonyl (C=O) groups is 1. The molecule has 0 radical (unpaired) electrons. The van der Waals surface area contributed by atoms with Crippen LogP contribution in [0.1, 0.15) is 194 Å². The molecule has 0 bridgehead atoms. The van der Waals surface area contributed by atoms with E-state index in [0.29, 0.717) is 12.8 Å². The monoisotopic (exact) mass is 1030 g/mol. The fourth-order valence-corrected chi connectivity index (χ4v) is 9.47. The summed E-state index contributed by atoms with van der Waals surface area (Å²) < 4.78 is 57.7. The lowest BCUT2D eigenvalue weighted by Crippen LogP contribution is -2.60. The second kappa shape index (κ2) is 40.4. The Bertz CT molecular complexity index is 1260. The van der Waals surface area contributed by atoms with E-state index < -0.39 is 120 Å². The van der Waals surface area contributed by atoms with Crippen LogP contribution in [-0.4, -0.2) is 172 Å². The van der Waals surface area contributed by atoms with Gasteiger partial charge in [0.1, 0.15) is 67.6 Å². The Morgan fingerprint density at radius 2 is 0.857 bits per heavy atom. The van der Waals surface area contributed by atoms with Crippen molar-refractivity contribution in [2.75, 3.05) is 46.2 Å². The highest BCUT2D eigenvalue weighted by Crippen LogP contribution is 2.45. The predicted octanol–water partition coefficient (Wildman–Crippen LogP) is 6.01. The van der Waals surface area contributed by atoms with Crippen LogP contribution >= 0.6 is 7.82 Å². The molecule has 0 saturated carbocycles. The first-order valence-corrected chi connectivity index (χ1v) is 28.5. The van der Waals surface area contributed by atoms with Crippen LogP contribution in [0.25, 0.3) is 0 Å². The molecule has 2 aliphatic rings. The van der Waals surface area contributed by atoms with Gasteiger partial charge in [-0.25, -0.2) is 4.57 Å². The fourth-order valence-electron chi connectivity index (χ4n) is 8.56. The standard InChI is InChI=1S/C50H97O19P/c1-3-5-7-9-11-13-15-17-19-21-23-25-27-29-31-62-38(34-63-42(53)30-28-26-24-22-20-18-16-14-12-10-8-6-4-2)37-66-70(60,61)69-39(35-64-49-47(58)45(56)43(54)40(32-51)67-49)36-65-50-48(59)46(57)44(55)41(33-52)68-50/h38-41,43-52,54-59H,3-37H2,1-2H3,(H,60,61)/t38-,39?,40?,41?,43-,44-,45+,46?,47?,48-,49+,50+/m1/s1. The molecule has 2 saturated heterocycles. The van der Waals surface area contributed by atoms with Gasteiger partial charge in [-0.3, -0.25) is 13.8 Å². The number of rotatable bonds is 45. The number of aliphatic hydroxyl groups excluding tert-OH is 8. The van der Waals surface area contributed by atoms with Crippen molar-refractivity contribution in [3.63, 3.8) is 0 Å². The summed E-state index contributed by atoms with van der Waals surface area (Å²) in [5, 5.41) is 81.1. The summed E-state index contributed by atoms with van der Waals surface area (Å²) in [4.78, 5) is 23.8. The number of carbonyl (C=O) groups excluding carboxylic acids is 1. The van der Waals surface area contributed by atoms with E-state index in [1.165, 1.54) is 122 Å². The number of unbranched alkanes of at least 4 members (excludes halogenated alkanes) is 25. The van der Waals surface area contributed by atoms with Gasteiger partial charge in [-0.05, 0) is 12.8 Å². The number of aliphatic hydroxyl groups is 8. The SMILES string of the molecule is CCCCCCCCCCCCCCCCO[C@H](COC(=O)CCCCCCCCCCCCCCC)COP(=O)(O)OC(CO[C@H]1OC(CO)[C@@H](O)[C@H](O)C1O)CO[C@H]1OC(CO)[C@@H](O)C(O)[C@H]1O. The topological polar surface area (TPSA) is 290 Å². The highest BCUT2D eigenvalue weighted by molar-refractivity contribution is 7.47. The third-order valence-electron chi connectivity index (χ3n) is 13.1. The minimum Gasteiger partial charge on any atom is -0.463 e. The average molecular weight is 1030 g/mol. The van der Waals surface area contributed by atoms with E-state index in [4.69, 9.17) is 37.5 Å². The fraction of sp³-hybridized carbons (Fsp3) is 0.980. The summed E-state index contributed by atoms with van der Waals surface area (Å²) in [5.74, 6) is -0.424. The van der Waals surface area contributed by atoms with E-state index in [9.17, 15) is 55.1 Å². The number of hydrogen-bond donors (Lipinski definition) is 9. The van der Waals surface area contributed by atoms with Crippen molar-refractivity contribution in [3.8, 4) is 0 Å². The Hall–Kier alpha value is -0.940. The second-order valence-electron chi connectivity index (χ2n) is 19.3. The molecule has 0 aliphatic carbocycles. The first-order chi connectivity index (χ1) is 33.8. The summed E-state index contributed by atoms with van der Waals surface area (Å²) in [6, 6.07) is 0. The maximum Gasteiger partial charge on any atom is 0.472 e. The van der Waals surface area contributed by atoms with Crippen LogP contribution < -0.4 is 0 Å². The molecule has 19 nitrogen and oxygen atoms in total. The van der Waals surface area contributed by atoms with Gasteiger partial charge in [0.05, 0.1) is 33.0 Å². The molecule has 2 rings (SSSR count). The molecule has 6 unspecified atom stereocenters. The Labute approximate surface area is 418 Å². The molecule has 70 heavy (non-hydrogen) atoms. The number of esters is 1. The normalized spacial score (nSPS) is 26.8. The molecule has 2 aliphatic heterocycles. The number of ether oxygens (including phenoxy) is 6. The van der Waals surface area contributed by atoms with Crippen molar-refractivity contribution < 1.29 is 92.6 Å². The molecule has 9 N–H and O–H groups in total. The van der Waals surface area contributed by atoms with Crippen LogP contribution in [0, 0.1) is 0 Å². The third-order valence-corrected chi connectivity index (χ3v) is 14.1. The van der Waals surface area contributed by atoms with Gasteiger partial charge in [-0.15, -0.1) is 0 Å². The van der Waals surface area contributed by atoms with E-state index in [1.807, 2.05) is 0 Å².